The van der Waals surface area contributed by atoms with Crippen molar-refractivity contribution < 1.29 is 13.9 Å². The summed E-state index contributed by atoms with van der Waals surface area (Å²) in [5.41, 5.74) is 1.24. The summed E-state index contributed by atoms with van der Waals surface area (Å²) in [5.74, 6) is -0.346. The summed E-state index contributed by atoms with van der Waals surface area (Å²) in [6.07, 6.45) is 2.77. The van der Waals surface area contributed by atoms with Gasteiger partial charge in [0.05, 0.1) is 11.7 Å². The minimum Gasteiger partial charge on any atom is -0.365 e. The van der Waals surface area contributed by atoms with Crippen molar-refractivity contribution in [2.75, 3.05) is 13.6 Å². The normalized spacial score (nSPS) is 13.9. The molecule has 5 nitrogen and oxygen atoms in total. The molecule has 184 valence electrons. The van der Waals surface area contributed by atoms with E-state index in [2.05, 4.69) is 33.0 Å². The van der Waals surface area contributed by atoms with Crippen LogP contribution >= 0.6 is 0 Å². The second-order valence-electron chi connectivity index (χ2n) is 9.74. The molecule has 0 spiro atoms. The average Bonchev–Trinajstić information content (AvgIpc) is 3.19. The molecule has 0 aliphatic heterocycles. The van der Waals surface area contributed by atoms with Crippen molar-refractivity contribution in [3.05, 3.63) is 77.8 Å². The third kappa shape index (κ3) is 6.09. The van der Waals surface area contributed by atoms with Gasteiger partial charge in [-0.05, 0) is 42.6 Å². The fourth-order valence-electron chi connectivity index (χ4n) is 4.31. The van der Waals surface area contributed by atoms with Crippen LogP contribution in [-0.2, 0) is 6.54 Å². The van der Waals surface area contributed by atoms with E-state index in [1.54, 1.807) is 13.2 Å². The lowest BCUT2D eigenvalue weighted by atomic mass is 9.84. The first-order valence-electron chi connectivity index (χ1n) is 11.8. The Kier molecular flexibility index (Phi) is 8.57. The molecular weight excluding hydrogens is 434 g/mol. The van der Waals surface area contributed by atoms with E-state index < -0.39 is 18.0 Å². The van der Waals surface area contributed by atoms with Crippen LogP contribution < -0.4 is 5.32 Å². The Balaban J connectivity index is 2.19. The van der Waals surface area contributed by atoms with E-state index in [1.807, 2.05) is 39.8 Å². The van der Waals surface area contributed by atoms with E-state index in [4.69, 9.17) is 4.98 Å². The Labute approximate surface area is 201 Å². The number of benzene rings is 2. The van der Waals surface area contributed by atoms with E-state index in [0.717, 1.165) is 30.5 Å². The molecular formula is C27H36F2N4O. The number of aliphatic hydroxyl groups is 1. The van der Waals surface area contributed by atoms with Crippen LogP contribution in [0.4, 0.5) is 8.78 Å². The summed E-state index contributed by atoms with van der Waals surface area (Å²) in [6.45, 7) is 9.58. The van der Waals surface area contributed by atoms with Crippen LogP contribution in [-0.4, -0.2) is 39.5 Å². The predicted octanol–water partition coefficient (Wildman–Crippen LogP) is 5.56. The number of unbranched alkanes of at least 4 members (excludes halogenated alkanes) is 1. The highest BCUT2D eigenvalue weighted by Crippen LogP contribution is 2.40. The van der Waals surface area contributed by atoms with Crippen LogP contribution in [0.3, 0.4) is 0 Å². The van der Waals surface area contributed by atoms with Gasteiger partial charge in [-0.1, -0.05) is 64.4 Å². The topological polar surface area (TPSA) is 53.3 Å². The molecule has 0 amide bonds. The maximum absolute atomic E-state index is 14.7. The van der Waals surface area contributed by atoms with E-state index >= 15 is 0 Å². The third-order valence-corrected chi connectivity index (χ3v) is 5.95. The molecule has 3 rings (SSSR count). The number of nitrogens with zero attached hydrogens (tertiary/aromatic N) is 3. The molecule has 0 aliphatic rings. The molecule has 1 heterocycles. The Morgan fingerprint density at radius 3 is 2.44 bits per heavy atom. The van der Waals surface area contributed by atoms with Crippen LogP contribution in [0.1, 0.15) is 58.0 Å². The molecule has 0 bridgehead atoms. The molecule has 0 radical (unpaired) electrons. The first-order chi connectivity index (χ1) is 16.2. The third-order valence-electron chi connectivity index (χ3n) is 5.95. The molecule has 7 heteroatoms. The lowest BCUT2D eigenvalue weighted by Gasteiger charge is -2.42. The molecule has 34 heavy (non-hydrogen) atoms. The van der Waals surface area contributed by atoms with Crippen molar-refractivity contribution in [1.82, 2.24) is 19.8 Å². The van der Waals surface area contributed by atoms with Crippen LogP contribution in [0.25, 0.3) is 11.3 Å². The summed E-state index contributed by atoms with van der Waals surface area (Å²) < 4.78 is 30.7. The maximum atomic E-state index is 14.7. The minimum absolute atomic E-state index is 0.120. The fraction of sp³-hybridized carbons (Fsp3) is 0.444. The molecule has 1 unspecified atom stereocenters. The van der Waals surface area contributed by atoms with Gasteiger partial charge in [-0.15, -0.1) is 0 Å². The molecule has 0 saturated carbocycles. The number of halogens is 2. The van der Waals surface area contributed by atoms with Gasteiger partial charge in [-0.2, -0.15) is 0 Å². The number of hydrogen-bond acceptors (Lipinski definition) is 4. The standard InChI is InChI=1S/C27H36F2N4O/c1-6-7-15-33(26(34)30-5)24(27(2,3)4)25-31-23(21-16-20(28)13-14-22(21)29)18-32(25)17-19-11-9-8-10-12-19/h8-14,16,18,24,26,30,34H,6-7,15,17H2,1-5H3/t24-,26?/m0/s1. The van der Waals surface area contributed by atoms with Crippen molar-refractivity contribution in [3.63, 3.8) is 0 Å². The van der Waals surface area contributed by atoms with Crippen molar-refractivity contribution in [2.24, 2.45) is 5.41 Å². The van der Waals surface area contributed by atoms with Crippen LogP contribution in [0, 0.1) is 17.0 Å². The number of rotatable bonds is 10. The zero-order valence-corrected chi connectivity index (χ0v) is 20.7. The van der Waals surface area contributed by atoms with Crippen molar-refractivity contribution in [2.45, 2.75) is 59.5 Å². The molecule has 2 atom stereocenters. The Bertz CT molecular complexity index is 1060. The van der Waals surface area contributed by atoms with Crippen LogP contribution in [0.15, 0.2) is 54.7 Å². The number of aliphatic hydroxyl groups excluding tert-OH is 1. The minimum atomic E-state index is -0.882. The Hall–Kier alpha value is -2.61. The summed E-state index contributed by atoms with van der Waals surface area (Å²) >= 11 is 0. The Morgan fingerprint density at radius 2 is 1.82 bits per heavy atom. The first-order valence-corrected chi connectivity index (χ1v) is 11.8. The zero-order valence-electron chi connectivity index (χ0n) is 20.7. The number of aromatic nitrogens is 2. The SMILES string of the molecule is CCCCN(C(O)NC)[C@@H](c1nc(-c2cc(F)ccc2F)cn1Cc1ccccc1)C(C)(C)C. The molecule has 2 N–H and O–H groups in total. The summed E-state index contributed by atoms with van der Waals surface area (Å²) in [4.78, 5) is 6.87. The highest BCUT2D eigenvalue weighted by atomic mass is 19.1. The van der Waals surface area contributed by atoms with Gasteiger partial charge < -0.3 is 9.67 Å². The average molecular weight is 471 g/mol. The van der Waals surface area contributed by atoms with Crippen LogP contribution in [0.2, 0.25) is 0 Å². The fourth-order valence-corrected chi connectivity index (χ4v) is 4.31. The maximum Gasteiger partial charge on any atom is 0.163 e. The summed E-state index contributed by atoms with van der Waals surface area (Å²) in [6, 6.07) is 13.1. The smallest absolute Gasteiger partial charge is 0.163 e. The zero-order chi connectivity index (χ0) is 24.9. The lowest BCUT2D eigenvalue weighted by Crippen LogP contribution is -2.50. The van der Waals surface area contributed by atoms with Gasteiger partial charge in [-0.3, -0.25) is 10.2 Å². The van der Waals surface area contributed by atoms with Crippen LogP contribution in [0.5, 0.6) is 0 Å². The van der Waals surface area contributed by atoms with E-state index in [9.17, 15) is 13.9 Å². The van der Waals surface area contributed by atoms with E-state index in [1.165, 1.54) is 6.07 Å². The summed E-state index contributed by atoms with van der Waals surface area (Å²) in [5, 5.41) is 13.8. The largest absolute Gasteiger partial charge is 0.365 e. The lowest BCUT2D eigenvalue weighted by molar-refractivity contribution is -0.0757. The molecule has 0 aliphatic carbocycles. The monoisotopic (exact) mass is 470 g/mol. The first kappa shape index (κ1) is 26.0. The number of nitrogens with one attached hydrogen (secondary N) is 1. The van der Waals surface area contributed by atoms with Gasteiger partial charge in [0.1, 0.15) is 17.5 Å². The molecule has 1 aromatic heterocycles. The van der Waals surface area contributed by atoms with E-state index in [0.29, 0.717) is 24.6 Å². The van der Waals surface area contributed by atoms with Gasteiger partial charge in [0.15, 0.2) is 6.35 Å². The summed E-state index contributed by atoms with van der Waals surface area (Å²) in [7, 11) is 1.72. The van der Waals surface area contributed by atoms with Crippen molar-refractivity contribution in [3.8, 4) is 11.3 Å². The van der Waals surface area contributed by atoms with Gasteiger partial charge in [0.25, 0.3) is 0 Å². The number of imidazole rings is 1. The highest BCUT2D eigenvalue weighted by molar-refractivity contribution is 5.59. The highest BCUT2D eigenvalue weighted by Gasteiger charge is 2.38. The Morgan fingerprint density at radius 1 is 1.12 bits per heavy atom. The second-order valence-corrected chi connectivity index (χ2v) is 9.74. The van der Waals surface area contributed by atoms with Gasteiger partial charge >= 0.3 is 0 Å². The van der Waals surface area contributed by atoms with Crippen molar-refractivity contribution >= 4 is 0 Å². The quantitative estimate of drug-likeness (QED) is 0.381. The molecule has 3 aromatic rings. The van der Waals surface area contributed by atoms with Gasteiger partial charge in [-0.25, -0.2) is 13.8 Å². The second kappa shape index (κ2) is 11.2. The van der Waals surface area contributed by atoms with Gasteiger partial charge in [0, 0.05) is 24.8 Å². The number of hydrogen-bond donors (Lipinski definition) is 2. The van der Waals surface area contributed by atoms with Gasteiger partial charge in [0.2, 0.25) is 0 Å². The van der Waals surface area contributed by atoms with Crippen molar-refractivity contribution in [1.29, 1.82) is 0 Å². The predicted molar refractivity (Wildman–Crippen MR) is 132 cm³/mol. The molecule has 2 aromatic carbocycles. The molecule has 0 fully saturated rings. The molecule has 0 saturated heterocycles. The van der Waals surface area contributed by atoms with E-state index in [-0.39, 0.29) is 17.0 Å².